The molecule has 0 saturated carbocycles. The normalized spacial score (nSPS) is 11.5. The van der Waals surface area contributed by atoms with Crippen molar-refractivity contribution in [1.82, 2.24) is 14.1 Å². The van der Waals surface area contributed by atoms with Crippen molar-refractivity contribution < 1.29 is 4.79 Å². The van der Waals surface area contributed by atoms with Crippen LogP contribution in [0.1, 0.15) is 30.2 Å². The number of hydrogen-bond donors (Lipinski definition) is 1. The third kappa shape index (κ3) is 2.58. The lowest BCUT2D eigenvalue weighted by atomic mass is 10.1. The van der Waals surface area contributed by atoms with Gasteiger partial charge in [-0.2, -0.15) is 0 Å². The fraction of sp³-hybridized carbons (Fsp3) is 0.200. The van der Waals surface area contributed by atoms with E-state index in [1.807, 2.05) is 60.3 Å². The summed E-state index contributed by atoms with van der Waals surface area (Å²) in [6, 6.07) is 14.0. The number of carbonyl (C=O) groups excluding carboxylic acids is 1. The van der Waals surface area contributed by atoms with Crippen molar-refractivity contribution in [2.24, 2.45) is 7.05 Å². The summed E-state index contributed by atoms with van der Waals surface area (Å²) in [5.74, 6) is -0.109. The van der Waals surface area contributed by atoms with Crippen molar-refractivity contribution in [2.75, 3.05) is 5.32 Å². The summed E-state index contributed by atoms with van der Waals surface area (Å²) in [6.45, 7) is 4.27. The Hall–Kier alpha value is -3.08. The van der Waals surface area contributed by atoms with Crippen LogP contribution in [0, 0.1) is 0 Å². The van der Waals surface area contributed by atoms with E-state index < -0.39 is 0 Å². The van der Waals surface area contributed by atoms with Crippen LogP contribution in [0.15, 0.2) is 55.0 Å². The number of aryl methyl sites for hydroxylation is 1. The van der Waals surface area contributed by atoms with Gasteiger partial charge in [-0.15, -0.1) is 0 Å². The molecule has 2 aromatic carbocycles. The number of fused-ring (bicyclic) bond motifs is 2. The van der Waals surface area contributed by atoms with Crippen LogP contribution in [0.25, 0.3) is 21.9 Å². The minimum Gasteiger partial charge on any atom is -0.345 e. The summed E-state index contributed by atoms with van der Waals surface area (Å²) in [4.78, 5) is 17.1. The van der Waals surface area contributed by atoms with E-state index in [9.17, 15) is 4.79 Å². The van der Waals surface area contributed by atoms with E-state index in [1.54, 1.807) is 6.33 Å². The number of imidazole rings is 1. The van der Waals surface area contributed by atoms with Crippen LogP contribution >= 0.6 is 0 Å². The Bertz CT molecular complexity index is 1090. The van der Waals surface area contributed by atoms with Crippen LogP contribution in [0.4, 0.5) is 5.69 Å². The highest BCUT2D eigenvalue weighted by Gasteiger charge is 2.14. The lowest BCUT2D eigenvalue weighted by Gasteiger charge is -2.10. The highest BCUT2D eigenvalue weighted by Crippen LogP contribution is 2.25. The van der Waals surface area contributed by atoms with Crippen LogP contribution < -0.4 is 5.32 Å². The molecular formula is C20H20N4O. The average molecular weight is 332 g/mol. The molecule has 0 spiro atoms. The van der Waals surface area contributed by atoms with Gasteiger partial charge < -0.3 is 14.5 Å². The molecule has 126 valence electrons. The number of anilines is 1. The van der Waals surface area contributed by atoms with Crippen molar-refractivity contribution in [3.8, 4) is 0 Å². The van der Waals surface area contributed by atoms with E-state index in [-0.39, 0.29) is 5.91 Å². The van der Waals surface area contributed by atoms with Gasteiger partial charge in [-0.3, -0.25) is 4.79 Å². The Morgan fingerprint density at radius 1 is 1.12 bits per heavy atom. The van der Waals surface area contributed by atoms with Gasteiger partial charge in [-0.1, -0.05) is 6.07 Å². The van der Waals surface area contributed by atoms with Crippen molar-refractivity contribution in [2.45, 2.75) is 19.9 Å². The fourth-order valence-electron chi connectivity index (χ4n) is 3.25. The zero-order chi connectivity index (χ0) is 17.6. The molecule has 0 atom stereocenters. The fourth-order valence-corrected chi connectivity index (χ4v) is 3.25. The monoisotopic (exact) mass is 332 g/mol. The van der Waals surface area contributed by atoms with Crippen LogP contribution in [-0.4, -0.2) is 20.0 Å². The first-order valence-corrected chi connectivity index (χ1v) is 8.36. The first kappa shape index (κ1) is 15.4. The van der Waals surface area contributed by atoms with Gasteiger partial charge in [0.2, 0.25) is 0 Å². The Morgan fingerprint density at radius 2 is 1.96 bits per heavy atom. The Balaban J connectivity index is 1.69. The van der Waals surface area contributed by atoms with Crippen molar-refractivity contribution in [1.29, 1.82) is 0 Å². The zero-order valence-electron chi connectivity index (χ0n) is 14.5. The molecule has 1 N–H and O–H groups in total. The molecule has 0 radical (unpaired) electrons. The van der Waals surface area contributed by atoms with Gasteiger partial charge in [0.25, 0.3) is 5.91 Å². The second kappa shape index (κ2) is 5.77. The minimum atomic E-state index is -0.109. The van der Waals surface area contributed by atoms with E-state index in [2.05, 4.69) is 28.7 Å². The van der Waals surface area contributed by atoms with E-state index >= 15 is 0 Å². The Labute approximate surface area is 145 Å². The average Bonchev–Trinajstić information content (AvgIpc) is 3.18. The first-order valence-electron chi connectivity index (χ1n) is 8.36. The van der Waals surface area contributed by atoms with Crippen molar-refractivity contribution in [3.05, 3.63) is 60.6 Å². The highest BCUT2D eigenvalue weighted by molar-refractivity contribution is 6.13. The molecule has 4 rings (SSSR count). The zero-order valence-corrected chi connectivity index (χ0v) is 14.5. The Morgan fingerprint density at radius 3 is 2.76 bits per heavy atom. The van der Waals surface area contributed by atoms with Gasteiger partial charge in [-0.05, 0) is 50.2 Å². The van der Waals surface area contributed by atoms with E-state index in [4.69, 9.17) is 0 Å². The first-order chi connectivity index (χ1) is 12.0. The molecule has 25 heavy (non-hydrogen) atoms. The van der Waals surface area contributed by atoms with Gasteiger partial charge in [0, 0.05) is 41.4 Å². The molecule has 0 fully saturated rings. The number of nitrogens with one attached hydrogen (secondary N) is 1. The molecule has 5 heteroatoms. The van der Waals surface area contributed by atoms with Gasteiger partial charge in [0.1, 0.15) is 0 Å². The van der Waals surface area contributed by atoms with Crippen LogP contribution in [0.2, 0.25) is 0 Å². The Kier molecular flexibility index (Phi) is 3.57. The standard InChI is InChI=1S/C20H20N4O/c1-13(2)24-10-9-15-16(5-4-6-18(15)24)20(25)22-14-7-8-19-17(11-14)21-12-23(19)3/h4-13H,1-3H3,(H,22,25). The molecule has 2 aromatic heterocycles. The number of hydrogen-bond acceptors (Lipinski definition) is 2. The molecule has 5 nitrogen and oxygen atoms in total. The number of nitrogens with zero attached hydrogens (tertiary/aromatic N) is 3. The molecule has 2 heterocycles. The number of amides is 1. The van der Waals surface area contributed by atoms with Crippen molar-refractivity contribution >= 4 is 33.5 Å². The predicted octanol–water partition coefficient (Wildman–Crippen LogP) is 4.36. The summed E-state index contributed by atoms with van der Waals surface area (Å²) in [5, 5.41) is 3.96. The molecule has 0 aliphatic carbocycles. The molecule has 0 bridgehead atoms. The molecule has 0 aliphatic heterocycles. The van der Waals surface area contributed by atoms with Crippen LogP contribution in [0.5, 0.6) is 0 Å². The van der Waals surface area contributed by atoms with E-state index in [0.717, 1.165) is 27.6 Å². The molecule has 0 saturated heterocycles. The minimum absolute atomic E-state index is 0.109. The van der Waals surface area contributed by atoms with E-state index in [1.165, 1.54) is 0 Å². The summed E-state index contributed by atoms with van der Waals surface area (Å²) in [6.07, 6.45) is 3.80. The lowest BCUT2D eigenvalue weighted by molar-refractivity contribution is 0.102. The number of rotatable bonds is 3. The molecule has 0 unspecified atom stereocenters. The van der Waals surface area contributed by atoms with Gasteiger partial charge in [0.05, 0.1) is 17.4 Å². The molecule has 0 aliphatic rings. The molecule has 4 aromatic rings. The summed E-state index contributed by atoms with van der Waals surface area (Å²) in [7, 11) is 1.95. The van der Waals surface area contributed by atoms with E-state index in [0.29, 0.717) is 11.6 Å². The maximum absolute atomic E-state index is 12.8. The molecular weight excluding hydrogens is 312 g/mol. The SMILES string of the molecule is CC(C)n1ccc2c(C(=O)Nc3ccc4c(c3)ncn4C)cccc21. The van der Waals surface area contributed by atoms with Crippen molar-refractivity contribution in [3.63, 3.8) is 0 Å². The third-order valence-electron chi connectivity index (χ3n) is 4.55. The largest absolute Gasteiger partial charge is 0.345 e. The maximum Gasteiger partial charge on any atom is 0.256 e. The second-order valence-electron chi connectivity index (χ2n) is 6.57. The third-order valence-corrected chi connectivity index (χ3v) is 4.55. The summed E-state index contributed by atoms with van der Waals surface area (Å²) < 4.78 is 4.13. The lowest BCUT2D eigenvalue weighted by Crippen LogP contribution is -2.12. The van der Waals surface area contributed by atoms with Gasteiger partial charge in [0.15, 0.2) is 0 Å². The molecule has 1 amide bonds. The second-order valence-corrected chi connectivity index (χ2v) is 6.57. The number of benzene rings is 2. The highest BCUT2D eigenvalue weighted by atomic mass is 16.1. The quantitative estimate of drug-likeness (QED) is 0.606. The summed E-state index contributed by atoms with van der Waals surface area (Å²) in [5.41, 5.74) is 4.40. The maximum atomic E-state index is 12.8. The predicted molar refractivity (Wildman–Crippen MR) is 101 cm³/mol. The van der Waals surface area contributed by atoms with Gasteiger partial charge in [-0.25, -0.2) is 4.98 Å². The number of carbonyl (C=O) groups is 1. The summed E-state index contributed by atoms with van der Waals surface area (Å²) >= 11 is 0. The topological polar surface area (TPSA) is 51.9 Å². The number of aromatic nitrogens is 3. The van der Waals surface area contributed by atoms with Crippen LogP contribution in [-0.2, 0) is 7.05 Å². The smallest absolute Gasteiger partial charge is 0.256 e. The van der Waals surface area contributed by atoms with Gasteiger partial charge >= 0.3 is 0 Å². The van der Waals surface area contributed by atoms with Crippen LogP contribution in [0.3, 0.4) is 0 Å².